The van der Waals surface area contributed by atoms with Crippen LogP contribution >= 0.6 is 11.6 Å². The van der Waals surface area contributed by atoms with Gasteiger partial charge < -0.3 is 9.47 Å². The number of carbonyl (C=O) groups is 4. The van der Waals surface area contributed by atoms with Crippen LogP contribution in [-0.2, 0) is 4.74 Å². The number of hydrogen-bond donors (Lipinski definition) is 0. The number of nitrogens with zero attached hydrogens (tertiary/aromatic N) is 1. The third-order valence-corrected chi connectivity index (χ3v) is 6.23. The fourth-order valence-corrected chi connectivity index (χ4v) is 4.35. The number of amides is 2. The Balaban J connectivity index is 1.36. The predicted octanol–water partition coefficient (Wildman–Crippen LogP) is 5.34. The van der Waals surface area contributed by atoms with Crippen molar-refractivity contribution in [3.05, 3.63) is 106 Å². The van der Waals surface area contributed by atoms with Crippen molar-refractivity contribution in [1.29, 1.82) is 0 Å². The number of ether oxygens (including phenoxy) is 2. The number of Topliss-reactive ketones (excluding diaryl/α,β-unsaturated/α-hetero) is 1. The Morgan fingerprint density at radius 3 is 2.14 bits per heavy atom. The van der Waals surface area contributed by atoms with Crippen LogP contribution < -0.4 is 9.64 Å². The van der Waals surface area contributed by atoms with E-state index in [9.17, 15) is 19.2 Å². The minimum atomic E-state index is -0.836. The van der Waals surface area contributed by atoms with Crippen molar-refractivity contribution in [3.8, 4) is 5.75 Å². The molecule has 0 fully saturated rings. The minimum Gasteiger partial charge on any atom is -0.496 e. The van der Waals surface area contributed by atoms with E-state index in [2.05, 4.69) is 0 Å². The number of hydrogen-bond acceptors (Lipinski definition) is 6. The van der Waals surface area contributed by atoms with Crippen LogP contribution in [0, 0.1) is 0 Å². The lowest BCUT2D eigenvalue weighted by molar-refractivity contribution is 0.0471. The molecule has 8 heteroatoms. The van der Waals surface area contributed by atoms with Crippen molar-refractivity contribution < 1.29 is 28.7 Å². The van der Waals surface area contributed by atoms with Crippen LogP contribution in [-0.4, -0.2) is 37.3 Å². The number of carbonyl (C=O) groups excluding carboxylic acids is 4. The predicted molar refractivity (Wildman–Crippen MR) is 134 cm³/mol. The van der Waals surface area contributed by atoms with Gasteiger partial charge in [0, 0.05) is 11.6 Å². The largest absolute Gasteiger partial charge is 0.496 e. The van der Waals surface area contributed by atoms with E-state index >= 15 is 0 Å². The molecule has 178 valence electrons. The third-order valence-electron chi connectivity index (χ3n) is 5.93. The molecule has 5 rings (SSSR count). The second kappa shape index (κ2) is 9.28. The fraction of sp³-hybridized carbons (Fsp3) is 0.0714. The maximum absolute atomic E-state index is 12.8. The average Bonchev–Trinajstić information content (AvgIpc) is 3.16. The number of ketones is 1. The summed E-state index contributed by atoms with van der Waals surface area (Å²) in [4.78, 5) is 52.1. The summed E-state index contributed by atoms with van der Waals surface area (Å²) in [7, 11) is 1.33. The zero-order valence-electron chi connectivity index (χ0n) is 19.0. The third kappa shape index (κ3) is 3.99. The molecule has 0 radical (unpaired) electrons. The van der Waals surface area contributed by atoms with Gasteiger partial charge in [0.15, 0.2) is 12.4 Å². The van der Waals surface area contributed by atoms with Gasteiger partial charge in [0.2, 0.25) is 0 Å². The number of imide groups is 1. The maximum atomic E-state index is 12.8. The number of anilines is 1. The summed E-state index contributed by atoms with van der Waals surface area (Å²) in [6, 6.07) is 21.8. The quantitative estimate of drug-likeness (QED) is 0.202. The van der Waals surface area contributed by atoms with Gasteiger partial charge in [-0.1, -0.05) is 60.1 Å². The molecule has 2 amide bonds. The lowest BCUT2D eigenvalue weighted by atomic mass is 10.0. The number of esters is 1. The molecule has 0 aliphatic carbocycles. The Morgan fingerprint density at radius 1 is 0.833 bits per heavy atom. The van der Waals surface area contributed by atoms with Crippen LogP contribution in [0.5, 0.6) is 5.75 Å². The van der Waals surface area contributed by atoms with Crippen LogP contribution in [0.2, 0.25) is 5.02 Å². The Morgan fingerprint density at radius 2 is 1.47 bits per heavy atom. The minimum absolute atomic E-state index is 0.0295. The summed E-state index contributed by atoms with van der Waals surface area (Å²) in [6.07, 6.45) is 0. The van der Waals surface area contributed by atoms with E-state index in [0.717, 1.165) is 15.7 Å². The van der Waals surface area contributed by atoms with Gasteiger partial charge in [-0.2, -0.15) is 0 Å². The molecular formula is C28H18ClNO6. The lowest BCUT2D eigenvalue weighted by Gasteiger charge is -2.18. The zero-order chi connectivity index (χ0) is 25.4. The van der Waals surface area contributed by atoms with E-state index in [0.29, 0.717) is 5.56 Å². The number of benzene rings is 4. The van der Waals surface area contributed by atoms with Crippen molar-refractivity contribution in [1.82, 2.24) is 0 Å². The van der Waals surface area contributed by atoms with Gasteiger partial charge >= 0.3 is 5.97 Å². The van der Waals surface area contributed by atoms with Gasteiger partial charge in [0.25, 0.3) is 11.8 Å². The van der Waals surface area contributed by atoms with Crippen LogP contribution in [0.3, 0.4) is 0 Å². The summed E-state index contributed by atoms with van der Waals surface area (Å²) in [6.45, 7) is -0.488. The first-order valence-electron chi connectivity index (χ1n) is 10.9. The van der Waals surface area contributed by atoms with Gasteiger partial charge in [0.1, 0.15) is 11.3 Å². The van der Waals surface area contributed by atoms with E-state index in [1.54, 1.807) is 36.4 Å². The SMILES string of the molecule is COc1cc(N2C(=O)c3ccccc3C2=O)c(Cl)cc1C(=O)OCC(=O)c1ccc2ccccc2c1. The van der Waals surface area contributed by atoms with Crippen LogP contribution in [0.4, 0.5) is 5.69 Å². The molecule has 0 atom stereocenters. The van der Waals surface area contributed by atoms with E-state index in [-0.39, 0.29) is 38.9 Å². The van der Waals surface area contributed by atoms with Crippen molar-refractivity contribution >= 4 is 51.6 Å². The van der Waals surface area contributed by atoms with Crippen molar-refractivity contribution in [2.75, 3.05) is 18.6 Å². The monoisotopic (exact) mass is 499 g/mol. The molecule has 0 unspecified atom stereocenters. The zero-order valence-corrected chi connectivity index (χ0v) is 19.7. The van der Waals surface area contributed by atoms with Crippen LogP contribution in [0.25, 0.3) is 10.8 Å². The first-order chi connectivity index (χ1) is 17.4. The van der Waals surface area contributed by atoms with E-state index in [1.807, 2.05) is 30.3 Å². The van der Waals surface area contributed by atoms with Gasteiger partial charge in [-0.15, -0.1) is 0 Å². The molecule has 0 bridgehead atoms. The molecule has 0 spiro atoms. The Labute approximate surface area is 210 Å². The maximum Gasteiger partial charge on any atom is 0.342 e. The molecule has 0 N–H and O–H groups in total. The first kappa shape index (κ1) is 23.3. The summed E-state index contributed by atoms with van der Waals surface area (Å²) in [5.41, 5.74) is 0.951. The second-order valence-electron chi connectivity index (χ2n) is 8.06. The highest BCUT2D eigenvalue weighted by molar-refractivity contribution is 6.40. The summed E-state index contributed by atoms with van der Waals surface area (Å²) in [5, 5.41) is 1.86. The van der Waals surface area contributed by atoms with Crippen LogP contribution in [0.1, 0.15) is 41.4 Å². The molecule has 7 nitrogen and oxygen atoms in total. The normalized spacial score (nSPS) is 12.6. The summed E-state index contributed by atoms with van der Waals surface area (Å²) < 4.78 is 10.6. The highest BCUT2D eigenvalue weighted by Crippen LogP contribution is 2.38. The topological polar surface area (TPSA) is 90.0 Å². The fourth-order valence-electron chi connectivity index (χ4n) is 4.11. The molecule has 0 aromatic heterocycles. The summed E-state index contributed by atoms with van der Waals surface area (Å²) >= 11 is 6.39. The average molecular weight is 500 g/mol. The lowest BCUT2D eigenvalue weighted by Crippen LogP contribution is -2.29. The molecule has 36 heavy (non-hydrogen) atoms. The van der Waals surface area contributed by atoms with Gasteiger partial charge in [0.05, 0.1) is 28.9 Å². The van der Waals surface area contributed by atoms with E-state index in [4.69, 9.17) is 21.1 Å². The van der Waals surface area contributed by atoms with Gasteiger partial charge in [-0.3, -0.25) is 14.4 Å². The van der Waals surface area contributed by atoms with Crippen molar-refractivity contribution in [2.24, 2.45) is 0 Å². The number of fused-ring (bicyclic) bond motifs is 2. The number of rotatable bonds is 6. The molecule has 4 aromatic carbocycles. The summed E-state index contributed by atoms with van der Waals surface area (Å²) in [5.74, 6) is -2.24. The highest BCUT2D eigenvalue weighted by atomic mass is 35.5. The molecule has 1 aliphatic heterocycles. The van der Waals surface area contributed by atoms with Gasteiger partial charge in [-0.05, 0) is 35.0 Å². The molecular weight excluding hydrogens is 482 g/mol. The van der Waals surface area contributed by atoms with E-state index < -0.39 is 24.4 Å². The molecule has 1 heterocycles. The molecule has 0 saturated carbocycles. The molecule has 1 aliphatic rings. The Hall–Kier alpha value is -4.49. The van der Waals surface area contributed by atoms with E-state index in [1.165, 1.54) is 19.2 Å². The van der Waals surface area contributed by atoms with Crippen LogP contribution in [0.15, 0.2) is 78.9 Å². The first-order valence-corrected chi connectivity index (χ1v) is 11.3. The second-order valence-corrected chi connectivity index (χ2v) is 8.46. The standard InChI is InChI=1S/C28H18ClNO6/c1-35-25-14-23(30-26(32)19-8-4-5-9-20(19)27(30)33)22(29)13-21(25)28(34)36-15-24(31)18-11-10-16-6-2-3-7-17(16)12-18/h2-14H,15H2,1H3. The molecule has 0 saturated heterocycles. The Bertz CT molecular complexity index is 1540. The molecule has 4 aromatic rings. The Kier molecular flexibility index (Phi) is 6.00. The van der Waals surface area contributed by atoms with Crippen molar-refractivity contribution in [2.45, 2.75) is 0 Å². The smallest absolute Gasteiger partial charge is 0.342 e. The number of methoxy groups -OCH3 is 1. The highest BCUT2D eigenvalue weighted by Gasteiger charge is 2.38. The van der Waals surface area contributed by atoms with Gasteiger partial charge in [-0.25, -0.2) is 9.69 Å². The number of halogens is 1. The van der Waals surface area contributed by atoms with Crippen molar-refractivity contribution in [3.63, 3.8) is 0 Å².